The lowest BCUT2D eigenvalue weighted by Gasteiger charge is -2.09. The van der Waals surface area contributed by atoms with Crippen LogP contribution in [0.1, 0.15) is 16.1 Å². The van der Waals surface area contributed by atoms with E-state index in [-0.39, 0.29) is 19.1 Å². The molecule has 6 nitrogen and oxygen atoms in total. The molecule has 1 aromatic carbocycles. The molecule has 1 unspecified atom stereocenters. The topological polar surface area (TPSA) is 87.4 Å². The normalized spacial score (nSPS) is 12.2. The molecule has 0 saturated heterocycles. The summed E-state index contributed by atoms with van der Waals surface area (Å²) >= 11 is 0. The molecule has 0 aliphatic rings. The largest absolute Gasteiger partial charge is 0.394 e. The van der Waals surface area contributed by atoms with Crippen LogP contribution in [0.2, 0.25) is 0 Å². The van der Waals surface area contributed by atoms with Gasteiger partial charge in [0.25, 0.3) is 5.91 Å². The molecular weight excluding hydrogens is 270 g/mol. The smallest absolute Gasteiger partial charge is 0.251 e. The molecule has 0 aliphatic carbocycles. The average Bonchev–Trinajstić information content (AvgIpc) is 2.83. The SMILES string of the molecule is Cc1nn(C)cc1-c1cccc(C(=O)NCC(O)CO)c1. The Morgan fingerprint density at radius 1 is 1.48 bits per heavy atom. The van der Waals surface area contributed by atoms with Gasteiger partial charge in [0.2, 0.25) is 0 Å². The molecule has 3 N–H and O–H groups in total. The first kappa shape index (κ1) is 15.2. The predicted molar refractivity (Wildman–Crippen MR) is 78.8 cm³/mol. The Morgan fingerprint density at radius 3 is 2.86 bits per heavy atom. The molecule has 1 aromatic heterocycles. The molecule has 2 rings (SSSR count). The molecule has 0 fully saturated rings. The zero-order valence-corrected chi connectivity index (χ0v) is 12.1. The number of aromatic nitrogens is 2. The molecule has 2 aromatic rings. The van der Waals surface area contributed by atoms with Crippen molar-refractivity contribution in [3.8, 4) is 11.1 Å². The van der Waals surface area contributed by atoms with Crippen LogP contribution in [-0.2, 0) is 7.05 Å². The maximum absolute atomic E-state index is 12.0. The monoisotopic (exact) mass is 289 g/mol. The maximum Gasteiger partial charge on any atom is 0.251 e. The summed E-state index contributed by atoms with van der Waals surface area (Å²) in [6.07, 6.45) is 0.958. The van der Waals surface area contributed by atoms with Gasteiger partial charge in [-0.1, -0.05) is 12.1 Å². The molecule has 1 amide bonds. The zero-order chi connectivity index (χ0) is 15.4. The quantitative estimate of drug-likeness (QED) is 0.747. The van der Waals surface area contributed by atoms with Gasteiger partial charge >= 0.3 is 0 Å². The van der Waals surface area contributed by atoms with Crippen LogP contribution in [0.15, 0.2) is 30.5 Å². The van der Waals surface area contributed by atoms with Crippen LogP contribution in [0.5, 0.6) is 0 Å². The van der Waals surface area contributed by atoms with Gasteiger partial charge in [-0.2, -0.15) is 5.10 Å². The highest BCUT2D eigenvalue weighted by molar-refractivity contribution is 5.95. The van der Waals surface area contributed by atoms with E-state index in [0.29, 0.717) is 5.56 Å². The van der Waals surface area contributed by atoms with Gasteiger partial charge in [0.1, 0.15) is 0 Å². The van der Waals surface area contributed by atoms with Gasteiger partial charge in [-0.05, 0) is 24.6 Å². The molecule has 0 saturated carbocycles. The lowest BCUT2D eigenvalue weighted by Crippen LogP contribution is -2.33. The van der Waals surface area contributed by atoms with Crippen LogP contribution in [0, 0.1) is 6.92 Å². The number of aliphatic hydroxyl groups is 2. The standard InChI is InChI=1S/C15H19N3O3/c1-10-14(8-18(2)17-10)11-4-3-5-12(6-11)15(21)16-7-13(20)9-19/h3-6,8,13,19-20H,7,9H2,1-2H3,(H,16,21). The van der Waals surface area contributed by atoms with E-state index in [1.807, 2.05) is 26.2 Å². The third-order valence-corrected chi connectivity index (χ3v) is 3.16. The third kappa shape index (κ3) is 3.68. The van der Waals surface area contributed by atoms with Gasteiger partial charge in [0.15, 0.2) is 0 Å². The Labute approximate surface area is 123 Å². The molecule has 0 spiro atoms. The number of nitrogens with one attached hydrogen (secondary N) is 1. The van der Waals surface area contributed by atoms with E-state index in [1.54, 1.807) is 22.9 Å². The number of nitrogens with zero attached hydrogens (tertiary/aromatic N) is 2. The fourth-order valence-corrected chi connectivity index (χ4v) is 2.09. The van der Waals surface area contributed by atoms with Gasteiger partial charge in [-0.3, -0.25) is 9.48 Å². The minimum atomic E-state index is -0.947. The number of benzene rings is 1. The second-order valence-electron chi connectivity index (χ2n) is 4.93. The number of aliphatic hydroxyl groups excluding tert-OH is 2. The lowest BCUT2D eigenvalue weighted by molar-refractivity contribution is 0.0802. The Kier molecular flexibility index (Phi) is 4.72. The van der Waals surface area contributed by atoms with E-state index in [0.717, 1.165) is 16.8 Å². The molecule has 0 bridgehead atoms. The molecule has 0 radical (unpaired) electrons. The number of hydrogen-bond donors (Lipinski definition) is 3. The van der Waals surface area contributed by atoms with Crippen molar-refractivity contribution in [3.63, 3.8) is 0 Å². The minimum absolute atomic E-state index is 0.0193. The van der Waals surface area contributed by atoms with E-state index in [1.165, 1.54) is 0 Å². The lowest BCUT2D eigenvalue weighted by atomic mass is 10.0. The van der Waals surface area contributed by atoms with Gasteiger partial charge < -0.3 is 15.5 Å². The number of hydrogen-bond acceptors (Lipinski definition) is 4. The number of carbonyl (C=O) groups excluding carboxylic acids is 1. The molecule has 1 heterocycles. The summed E-state index contributed by atoms with van der Waals surface area (Å²) in [4.78, 5) is 12.0. The number of aryl methyl sites for hydroxylation is 2. The highest BCUT2D eigenvalue weighted by Gasteiger charge is 2.11. The van der Waals surface area contributed by atoms with Gasteiger partial charge in [0.05, 0.1) is 18.4 Å². The second-order valence-corrected chi connectivity index (χ2v) is 4.93. The van der Waals surface area contributed by atoms with Crippen molar-refractivity contribution < 1.29 is 15.0 Å². The summed E-state index contributed by atoms with van der Waals surface area (Å²) < 4.78 is 1.73. The summed E-state index contributed by atoms with van der Waals surface area (Å²) in [6.45, 7) is 1.56. The number of carbonyl (C=O) groups is 1. The molecule has 0 aliphatic heterocycles. The van der Waals surface area contributed by atoms with Crippen molar-refractivity contribution >= 4 is 5.91 Å². The van der Waals surface area contributed by atoms with Crippen LogP contribution >= 0.6 is 0 Å². The third-order valence-electron chi connectivity index (χ3n) is 3.16. The second kappa shape index (κ2) is 6.51. The van der Waals surface area contributed by atoms with Gasteiger partial charge in [-0.25, -0.2) is 0 Å². The van der Waals surface area contributed by atoms with Crippen molar-refractivity contribution in [2.45, 2.75) is 13.0 Å². The summed E-state index contributed by atoms with van der Waals surface area (Å²) in [7, 11) is 1.85. The highest BCUT2D eigenvalue weighted by Crippen LogP contribution is 2.23. The van der Waals surface area contributed by atoms with Gasteiger partial charge in [0, 0.05) is 30.9 Å². The summed E-state index contributed by atoms with van der Waals surface area (Å²) in [5.41, 5.74) is 3.28. The molecule has 6 heteroatoms. The van der Waals surface area contributed by atoms with E-state index in [9.17, 15) is 9.90 Å². The van der Waals surface area contributed by atoms with E-state index in [4.69, 9.17) is 5.11 Å². The van der Waals surface area contributed by atoms with Crippen LogP contribution in [0.25, 0.3) is 11.1 Å². The first-order chi connectivity index (χ1) is 10.0. The molecule has 112 valence electrons. The van der Waals surface area contributed by atoms with Crippen LogP contribution in [0.3, 0.4) is 0 Å². The number of amides is 1. The average molecular weight is 289 g/mol. The highest BCUT2D eigenvalue weighted by atomic mass is 16.3. The Hall–Kier alpha value is -2.18. The molecular formula is C15H19N3O3. The van der Waals surface area contributed by atoms with Crippen molar-refractivity contribution in [2.24, 2.45) is 7.05 Å². The molecule has 1 atom stereocenters. The minimum Gasteiger partial charge on any atom is -0.394 e. The Balaban J connectivity index is 2.18. The Morgan fingerprint density at radius 2 is 2.24 bits per heavy atom. The van der Waals surface area contributed by atoms with Crippen molar-refractivity contribution in [3.05, 3.63) is 41.7 Å². The molecule has 21 heavy (non-hydrogen) atoms. The predicted octanol–water partition coefficient (Wildman–Crippen LogP) is 0.479. The van der Waals surface area contributed by atoms with E-state index >= 15 is 0 Å². The van der Waals surface area contributed by atoms with E-state index < -0.39 is 6.10 Å². The number of rotatable bonds is 5. The summed E-state index contributed by atoms with van der Waals surface area (Å²) in [5, 5.41) is 24.8. The van der Waals surface area contributed by atoms with Crippen LogP contribution in [0.4, 0.5) is 0 Å². The van der Waals surface area contributed by atoms with Gasteiger partial charge in [-0.15, -0.1) is 0 Å². The van der Waals surface area contributed by atoms with E-state index in [2.05, 4.69) is 10.4 Å². The maximum atomic E-state index is 12.0. The van der Waals surface area contributed by atoms with Crippen molar-refractivity contribution in [2.75, 3.05) is 13.2 Å². The fraction of sp³-hybridized carbons (Fsp3) is 0.333. The first-order valence-electron chi connectivity index (χ1n) is 6.69. The fourth-order valence-electron chi connectivity index (χ4n) is 2.09. The van der Waals surface area contributed by atoms with Crippen LogP contribution in [-0.4, -0.2) is 45.2 Å². The summed E-state index contributed by atoms with van der Waals surface area (Å²) in [5.74, 6) is -0.286. The Bertz CT molecular complexity index is 637. The zero-order valence-electron chi connectivity index (χ0n) is 12.1. The summed E-state index contributed by atoms with van der Waals surface area (Å²) in [6, 6.07) is 7.21. The first-order valence-corrected chi connectivity index (χ1v) is 6.69. The van der Waals surface area contributed by atoms with Crippen molar-refractivity contribution in [1.82, 2.24) is 15.1 Å². The van der Waals surface area contributed by atoms with Crippen LogP contribution < -0.4 is 5.32 Å². The van der Waals surface area contributed by atoms with Crippen molar-refractivity contribution in [1.29, 1.82) is 0 Å².